The normalized spacial score (nSPS) is 16.7. The Morgan fingerprint density at radius 1 is 1.10 bits per heavy atom. The third-order valence-corrected chi connectivity index (χ3v) is 6.91. The number of aliphatic hydroxyl groups is 1. The standard InChI is InChI=1S/C20H27N5O.C11H18.CH4O/c1-15(26-4)20(24-19-7-5-6-12-22-19)18(13-21)23-17-10-8-16(9-11-17)14-25(2)3;1-2-5-10(6-3-1)9-11-7-4-8-11;1-2/h5-13,15,23H,14,21H2,1-4H3;9-10H,1-8H2;2H,1H3/b18-13+,24-20+;;/t15-;;/m0../s1. The Morgan fingerprint density at radius 3 is 2.31 bits per heavy atom. The van der Waals surface area contributed by atoms with Crippen molar-refractivity contribution in [1.82, 2.24) is 9.88 Å². The number of benzene rings is 1. The van der Waals surface area contributed by atoms with Gasteiger partial charge in [0.15, 0.2) is 5.82 Å². The molecule has 2 aromatic rings. The lowest BCUT2D eigenvalue weighted by atomic mass is 9.83. The number of nitrogens with one attached hydrogen (secondary N) is 1. The van der Waals surface area contributed by atoms with Gasteiger partial charge in [0.05, 0.1) is 17.5 Å². The minimum Gasteiger partial charge on any atom is -0.403 e. The molecule has 1 atom stereocenters. The molecule has 2 fully saturated rings. The Hall–Kier alpha value is -3.00. The number of pyridine rings is 1. The van der Waals surface area contributed by atoms with E-state index in [1.165, 1.54) is 63.1 Å². The first-order valence-corrected chi connectivity index (χ1v) is 14.1. The molecule has 0 bridgehead atoms. The van der Waals surface area contributed by atoms with Crippen molar-refractivity contribution in [2.45, 2.75) is 70.9 Å². The summed E-state index contributed by atoms with van der Waals surface area (Å²) in [7, 11) is 6.74. The van der Waals surface area contributed by atoms with E-state index in [9.17, 15) is 0 Å². The van der Waals surface area contributed by atoms with Crippen LogP contribution in [0.5, 0.6) is 0 Å². The number of nitrogens with two attached hydrogens (primary N) is 1. The molecule has 0 aliphatic heterocycles. The van der Waals surface area contributed by atoms with Gasteiger partial charge in [-0.2, -0.15) is 0 Å². The molecule has 214 valence electrons. The first-order valence-electron chi connectivity index (χ1n) is 14.1. The van der Waals surface area contributed by atoms with E-state index < -0.39 is 0 Å². The first kappa shape index (κ1) is 32.2. The minimum atomic E-state index is -0.243. The molecule has 2 aliphatic carbocycles. The molecule has 0 radical (unpaired) electrons. The van der Waals surface area contributed by atoms with Gasteiger partial charge in [-0.3, -0.25) is 0 Å². The second-order valence-corrected chi connectivity index (χ2v) is 10.3. The molecule has 0 amide bonds. The number of aromatic nitrogens is 1. The molecule has 2 saturated carbocycles. The van der Waals surface area contributed by atoms with Crippen molar-refractivity contribution in [2.75, 3.05) is 33.6 Å². The van der Waals surface area contributed by atoms with E-state index in [2.05, 4.69) is 38.4 Å². The third-order valence-electron chi connectivity index (χ3n) is 6.91. The summed E-state index contributed by atoms with van der Waals surface area (Å²) < 4.78 is 5.47. The molecule has 39 heavy (non-hydrogen) atoms. The number of anilines is 1. The highest BCUT2D eigenvalue weighted by atomic mass is 16.5. The van der Waals surface area contributed by atoms with Crippen molar-refractivity contribution in [2.24, 2.45) is 16.6 Å². The maximum Gasteiger partial charge on any atom is 0.152 e. The summed E-state index contributed by atoms with van der Waals surface area (Å²) >= 11 is 0. The van der Waals surface area contributed by atoms with Crippen LogP contribution in [0.4, 0.5) is 11.5 Å². The van der Waals surface area contributed by atoms with E-state index in [4.69, 9.17) is 15.6 Å². The molecule has 7 heteroatoms. The van der Waals surface area contributed by atoms with E-state index in [1.807, 2.05) is 51.4 Å². The van der Waals surface area contributed by atoms with Crippen LogP contribution in [0.15, 0.2) is 77.2 Å². The molecular weight excluding hydrogens is 486 g/mol. The number of aliphatic imine (C=N–C) groups is 1. The van der Waals surface area contributed by atoms with Crippen LogP contribution in [0.2, 0.25) is 0 Å². The molecule has 0 unspecified atom stereocenters. The van der Waals surface area contributed by atoms with Crippen LogP contribution >= 0.6 is 0 Å². The summed E-state index contributed by atoms with van der Waals surface area (Å²) in [5.41, 5.74) is 11.2. The quantitative estimate of drug-likeness (QED) is 0.252. The summed E-state index contributed by atoms with van der Waals surface area (Å²) in [5.74, 6) is 1.58. The van der Waals surface area contributed by atoms with Crippen LogP contribution in [-0.4, -0.2) is 55.1 Å². The second kappa shape index (κ2) is 18.3. The van der Waals surface area contributed by atoms with Gasteiger partial charge in [-0.25, -0.2) is 9.98 Å². The van der Waals surface area contributed by atoms with Crippen LogP contribution in [0.3, 0.4) is 0 Å². The van der Waals surface area contributed by atoms with Crippen molar-refractivity contribution in [3.8, 4) is 0 Å². The number of aliphatic hydroxyl groups excluding tert-OH is 1. The fraction of sp³-hybridized carbons (Fsp3) is 0.500. The van der Waals surface area contributed by atoms with Crippen molar-refractivity contribution >= 4 is 17.2 Å². The Kier molecular flexibility index (Phi) is 15.1. The second-order valence-electron chi connectivity index (χ2n) is 10.3. The van der Waals surface area contributed by atoms with Gasteiger partial charge >= 0.3 is 0 Å². The van der Waals surface area contributed by atoms with Gasteiger partial charge in [0.2, 0.25) is 0 Å². The molecule has 0 saturated heterocycles. The summed E-state index contributed by atoms with van der Waals surface area (Å²) in [6.45, 7) is 2.82. The molecule has 2 aliphatic rings. The highest BCUT2D eigenvalue weighted by Gasteiger charge is 2.16. The Morgan fingerprint density at radius 2 is 1.79 bits per heavy atom. The monoisotopic (exact) mass is 535 g/mol. The smallest absolute Gasteiger partial charge is 0.152 e. The Bertz CT molecular complexity index is 1020. The lowest BCUT2D eigenvalue weighted by Gasteiger charge is -2.23. The van der Waals surface area contributed by atoms with E-state index >= 15 is 0 Å². The predicted molar refractivity (Wildman–Crippen MR) is 164 cm³/mol. The highest BCUT2D eigenvalue weighted by molar-refractivity contribution is 6.06. The topological polar surface area (TPSA) is 96.0 Å². The highest BCUT2D eigenvalue weighted by Crippen LogP contribution is 2.31. The average molecular weight is 536 g/mol. The summed E-state index contributed by atoms with van der Waals surface area (Å²) in [6.07, 6.45) is 17.2. The van der Waals surface area contributed by atoms with Crippen molar-refractivity contribution in [3.05, 3.63) is 77.8 Å². The number of rotatable bonds is 9. The van der Waals surface area contributed by atoms with E-state index in [1.54, 1.807) is 18.9 Å². The number of hydrogen-bond acceptors (Lipinski definition) is 7. The fourth-order valence-electron chi connectivity index (χ4n) is 4.61. The van der Waals surface area contributed by atoms with Gasteiger partial charge in [-0.15, -0.1) is 0 Å². The van der Waals surface area contributed by atoms with Crippen molar-refractivity contribution < 1.29 is 9.84 Å². The van der Waals surface area contributed by atoms with Gasteiger partial charge in [0, 0.05) is 38.8 Å². The first-order chi connectivity index (χ1) is 19.0. The lowest BCUT2D eigenvalue weighted by molar-refractivity contribution is 0.171. The largest absolute Gasteiger partial charge is 0.403 e. The van der Waals surface area contributed by atoms with Gasteiger partial charge in [0.25, 0.3) is 0 Å². The number of methoxy groups -OCH3 is 1. The molecule has 1 aromatic carbocycles. The maximum atomic E-state index is 7.00. The summed E-state index contributed by atoms with van der Waals surface area (Å²) in [6, 6.07) is 13.8. The maximum absolute atomic E-state index is 7.00. The van der Waals surface area contributed by atoms with Crippen LogP contribution < -0.4 is 11.1 Å². The van der Waals surface area contributed by atoms with Gasteiger partial charge < -0.3 is 25.8 Å². The summed E-state index contributed by atoms with van der Waals surface area (Å²) in [5, 5.41) is 10.3. The lowest BCUT2D eigenvalue weighted by Crippen LogP contribution is -2.26. The van der Waals surface area contributed by atoms with E-state index in [0.29, 0.717) is 17.2 Å². The molecule has 1 heterocycles. The SMILES string of the molecule is C(=C1CCC1)C1CCCCC1.CO.CO[C@@H](C)C(=N\c1ccccn1)/C(=C\N)Nc1ccc(CN(C)C)cc1. The van der Waals surface area contributed by atoms with Crippen molar-refractivity contribution in [3.63, 3.8) is 0 Å². The fourth-order valence-corrected chi connectivity index (χ4v) is 4.61. The van der Waals surface area contributed by atoms with Crippen molar-refractivity contribution in [1.29, 1.82) is 0 Å². The van der Waals surface area contributed by atoms with Gasteiger partial charge in [0.1, 0.15) is 0 Å². The minimum absolute atomic E-state index is 0.243. The zero-order chi connectivity index (χ0) is 28.5. The Balaban J connectivity index is 0.000000338. The zero-order valence-corrected chi connectivity index (χ0v) is 24.6. The van der Waals surface area contributed by atoms with Gasteiger partial charge in [-0.1, -0.05) is 49.1 Å². The van der Waals surface area contributed by atoms with Gasteiger partial charge in [-0.05, 0) is 88.9 Å². The zero-order valence-electron chi connectivity index (χ0n) is 24.6. The molecular formula is C32H49N5O2. The number of allylic oxidation sites excluding steroid dienone is 2. The third kappa shape index (κ3) is 11.7. The Labute approximate surface area is 235 Å². The molecule has 4 N–H and O–H groups in total. The van der Waals surface area contributed by atoms with Crippen LogP contribution in [-0.2, 0) is 11.3 Å². The molecule has 4 rings (SSSR count). The number of ether oxygens (including phenoxy) is 1. The number of nitrogens with zero attached hydrogens (tertiary/aromatic N) is 3. The molecule has 7 nitrogen and oxygen atoms in total. The number of hydrogen-bond donors (Lipinski definition) is 3. The van der Waals surface area contributed by atoms with Crippen LogP contribution in [0.25, 0.3) is 0 Å². The predicted octanol–water partition coefficient (Wildman–Crippen LogP) is 6.45. The van der Waals surface area contributed by atoms with E-state index in [0.717, 1.165) is 25.3 Å². The van der Waals surface area contributed by atoms with E-state index in [-0.39, 0.29) is 6.10 Å². The summed E-state index contributed by atoms with van der Waals surface area (Å²) in [4.78, 5) is 11.0. The molecule has 1 aromatic heterocycles. The van der Waals surface area contributed by atoms with Crippen LogP contribution in [0.1, 0.15) is 63.9 Å². The average Bonchev–Trinajstić information content (AvgIpc) is 2.95. The van der Waals surface area contributed by atoms with Crippen LogP contribution in [0, 0.1) is 5.92 Å². The molecule has 0 spiro atoms.